The lowest BCUT2D eigenvalue weighted by Crippen LogP contribution is -2.28. The highest BCUT2D eigenvalue weighted by atomic mass is 16.5. The van der Waals surface area contributed by atoms with Crippen LogP contribution in [0.25, 0.3) is 22.7 Å². The van der Waals surface area contributed by atoms with Gasteiger partial charge in [-0.25, -0.2) is 14.8 Å². The Hall–Kier alpha value is -3.69. The molecule has 0 radical (unpaired) electrons. The molecule has 1 aliphatic carbocycles. The standard InChI is InChI=1S/C22H25N5O5/c1-4-31-17-16(22(30)32-5-2)25-19(26(3)21(17)29)20-24-14-11-12(18(23)28)9-10-15(14)27(20)13-7-6-8-13/h9-11,13H,4-8H2,1-3H3,(H2,23,28). The van der Waals surface area contributed by atoms with Gasteiger partial charge in [0.05, 0.1) is 24.2 Å². The van der Waals surface area contributed by atoms with Crippen LogP contribution in [0, 0.1) is 0 Å². The molecule has 0 saturated heterocycles. The molecule has 4 rings (SSSR count). The van der Waals surface area contributed by atoms with E-state index in [0.29, 0.717) is 16.9 Å². The third-order valence-corrected chi connectivity index (χ3v) is 5.62. The number of ether oxygens (including phenoxy) is 2. The van der Waals surface area contributed by atoms with Gasteiger partial charge in [-0.05, 0) is 51.3 Å². The maximum Gasteiger partial charge on any atom is 0.361 e. The van der Waals surface area contributed by atoms with E-state index < -0.39 is 17.4 Å². The van der Waals surface area contributed by atoms with Crippen LogP contribution >= 0.6 is 0 Å². The number of nitrogens with two attached hydrogens (primary N) is 1. The summed E-state index contributed by atoms with van der Waals surface area (Å²) in [5.41, 5.74) is 6.44. The molecule has 1 fully saturated rings. The van der Waals surface area contributed by atoms with E-state index >= 15 is 0 Å². The molecule has 10 nitrogen and oxygen atoms in total. The molecule has 0 unspecified atom stereocenters. The largest absolute Gasteiger partial charge is 0.486 e. The zero-order chi connectivity index (χ0) is 23.0. The summed E-state index contributed by atoms with van der Waals surface area (Å²) in [5, 5.41) is 0. The fourth-order valence-electron chi connectivity index (χ4n) is 3.82. The number of primary amides is 1. The minimum Gasteiger partial charge on any atom is -0.486 e. The number of benzene rings is 1. The van der Waals surface area contributed by atoms with E-state index in [9.17, 15) is 14.4 Å². The molecule has 1 saturated carbocycles. The van der Waals surface area contributed by atoms with Crippen molar-refractivity contribution in [3.63, 3.8) is 0 Å². The number of esters is 1. The van der Waals surface area contributed by atoms with Gasteiger partial charge in [-0.3, -0.25) is 14.2 Å². The SMILES string of the molecule is CCOC(=O)c1nc(-c2nc3cc(C(N)=O)ccc3n2C2CCC2)n(C)c(=O)c1OCC. The van der Waals surface area contributed by atoms with Crippen molar-refractivity contribution < 1.29 is 19.1 Å². The molecule has 2 heterocycles. The number of hydrogen-bond donors (Lipinski definition) is 1. The fraction of sp³-hybridized carbons (Fsp3) is 0.409. The number of amides is 1. The number of imidazole rings is 1. The Balaban J connectivity index is 1.99. The summed E-state index contributed by atoms with van der Waals surface area (Å²) in [6.45, 7) is 3.72. The second-order valence-corrected chi connectivity index (χ2v) is 7.59. The highest BCUT2D eigenvalue weighted by molar-refractivity contribution is 5.97. The van der Waals surface area contributed by atoms with Gasteiger partial charge < -0.3 is 19.8 Å². The van der Waals surface area contributed by atoms with Gasteiger partial charge in [0.2, 0.25) is 11.7 Å². The van der Waals surface area contributed by atoms with Crippen molar-refractivity contribution in [3.8, 4) is 17.4 Å². The summed E-state index contributed by atoms with van der Waals surface area (Å²) in [7, 11) is 1.56. The molecule has 32 heavy (non-hydrogen) atoms. The first kappa shape index (κ1) is 21.5. The zero-order valence-corrected chi connectivity index (χ0v) is 18.3. The van der Waals surface area contributed by atoms with Crippen molar-refractivity contribution in [2.24, 2.45) is 12.8 Å². The van der Waals surface area contributed by atoms with E-state index in [1.807, 2.05) is 4.57 Å². The number of aromatic nitrogens is 4. The lowest BCUT2D eigenvalue weighted by atomic mass is 9.92. The first-order valence-corrected chi connectivity index (χ1v) is 10.6. The number of nitrogens with zero attached hydrogens (tertiary/aromatic N) is 4. The molecular formula is C22H25N5O5. The summed E-state index contributed by atoms with van der Waals surface area (Å²) in [6.07, 6.45) is 2.98. The van der Waals surface area contributed by atoms with Gasteiger partial charge in [-0.2, -0.15) is 0 Å². The van der Waals surface area contributed by atoms with Crippen LogP contribution in [0.15, 0.2) is 23.0 Å². The normalized spacial score (nSPS) is 13.7. The molecule has 2 aromatic heterocycles. The number of carbonyl (C=O) groups excluding carboxylic acids is 2. The number of hydrogen-bond acceptors (Lipinski definition) is 7. The van der Waals surface area contributed by atoms with Crippen molar-refractivity contribution in [1.29, 1.82) is 0 Å². The van der Waals surface area contributed by atoms with E-state index in [2.05, 4.69) is 4.98 Å². The number of carbonyl (C=O) groups is 2. The number of fused-ring (bicyclic) bond motifs is 1. The van der Waals surface area contributed by atoms with Gasteiger partial charge in [0, 0.05) is 18.7 Å². The van der Waals surface area contributed by atoms with E-state index in [0.717, 1.165) is 24.8 Å². The monoisotopic (exact) mass is 439 g/mol. The predicted octanol–water partition coefficient (Wildman–Crippen LogP) is 2.20. The minimum atomic E-state index is -0.739. The predicted molar refractivity (Wildman–Crippen MR) is 117 cm³/mol. The van der Waals surface area contributed by atoms with Gasteiger partial charge in [-0.15, -0.1) is 0 Å². The van der Waals surface area contributed by atoms with E-state index in [-0.39, 0.29) is 36.5 Å². The second-order valence-electron chi connectivity index (χ2n) is 7.59. The molecule has 10 heteroatoms. The van der Waals surface area contributed by atoms with Crippen LogP contribution < -0.4 is 16.0 Å². The third-order valence-electron chi connectivity index (χ3n) is 5.62. The van der Waals surface area contributed by atoms with Gasteiger partial charge in [-0.1, -0.05) is 0 Å². The van der Waals surface area contributed by atoms with E-state index in [4.69, 9.17) is 20.2 Å². The Bertz CT molecular complexity index is 1270. The Labute approximate surface area is 184 Å². The van der Waals surface area contributed by atoms with Gasteiger partial charge in [0.1, 0.15) is 0 Å². The van der Waals surface area contributed by atoms with Crippen LogP contribution in [-0.4, -0.2) is 44.2 Å². The Morgan fingerprint density at radius 3 is 2.50 bits per heavy atom. The average molecular weight is 439 g/mol. The van der Waals surface area contributed by atoms with Crippen molar-refractivity contribution in [2.75, 3.05) is 13.2 Å². The van der Waals surface area contributed by atoms with Crippen LogP contribution in [0.3, 0.4) is 0 Å². The topological polar surface area (TPSA) is 131 Å². The Kier molecular flexibility index (Phi) is 5.68. The smallest absolute Gasteiger partial charge is 0.361 e. The van der Waals surface area contributed by atoms with Crippen LogP contribution in [0.4, 0.5) is 0 Å². The fourth-order valence-corrected chi connectivity index (χ4v) is 3.82. The molecule has 0 aliphatic heterocycles. The molecule has 1 amide bonds. The van der Waals surface area contributed by atoms with Gasteiger partial charge >= 0.3 is 5.97 Å². The zero-order valence-electron chi connectivity index (χ0n) is 18.3. The number of rotatable bonds is 7. The first-order chi connectivity index (χ1) is 15.4. The molecular weight excluding hydrogens is 414 g/mol. The van der Waals surface area contributed by atoms with Crippen LogP contribution in [0.1, 0.15) is 60.0 Å². The Morgan fingerprint density at radius 2 is 1.91 bits per heavy atom. The van der Waals surface area contributed by atoms with E-state index in [1.54, 1.807) is 39.1 Å². The molecule has 168 valence electrons. The third kappa shape index (κ3) is 3.51. The average Bonchev–Trinajstić information content (AvgIpc) is 3.08. The first-order valence-electron chi connectivity index (χ1n) is 10.6. The van der Waals surface area contributed by atoms with Crippen LogP contribution in [-0.2, 0) is 11.8 Å². The molecule has 1 aliphatic rings. The van der Waals surface area contributed by atoms with Crippen molar-refractivity contribution >= 4 is 22.9 Å². The minimum absolute atomic E-state index is 0.132. The van der Waals surface area contributed by atoms with Crippen molar-refractivity contribution in [2.45, 2.75) is 39.2 Å². The highest BCUT2D eigenvalue weighted by Gasteiger charge is 2.30. The van der Waals surface area contributed by atoms with E-state index in [1.165, 1.54) is 4.57 Å². The highest BCUT2D eigenvalue weighted by Crippen LogP contribution is 2.38. The van der Waals surface area contributed by atoms with Crippen molar-refractivity contribution in [1.82, 2.24) is 19.1 Å². The maximum absolute atomic E-state index is 13.1. The lowest BCUT2D eigenvalue weighted by Gasteiger charge is -2.29. The molecule has 3 aromatic rings. The Morgan fingerprint density at radius 1 is 1.16 bits per heavy atom. The quantitative estimate of drug-likeness (QED) is 0.558. The van der Waals surface area contributed by atoms with Crippen LogP contribution in [0.2, 0.25) is 0 Å². The summed E-state index contributed by atoms with van der Waals surface area (Å²) in [5.74, 6) is -0.802. The second kappa shape index (κ2) is 8.45. The molecule has 0 bridgehead atoms. The van der Waals surface area contributed by atoms with Gasteiger partial charge in [0.25, 0.3) is 5.56 Å². The van der Waals surface area contributed by atoms with Gasteiger partial charge in [0.15, 0.2) is 17.3 Å². The summed E-state index contributed by atoms with van der Waals surface area (Å²) in [4.78, 5) is 46.5. The summed E-state index contributed by atoms with van der Waals surface area (Å²) >= 11 is 0. The molecule has 2 N–H and O–H groups in total. The summed E-state index contributed by atoms with van der Waals surface area (Å²) in [6, 6.07) is 5.24. The molecule has 1 aromatic carbocycles. The van der Waals surface area contributed by atoms with Crippen LogP contribution in [0.5, 0.6) is 5.75 Å². The molecule has 0 spiro atoms. The van der Waals surface area contributed by atoms with Crippen molar-refractivity contribution in [3.05, 3.63) is 39.8 Å². The maximum atomic E-state index is 13.1. The summed E-state index contributed by atoms with van der Waals surface area (Å²) < 4.78 is 13.9. The lowest BCUT2D eigenvalue weighted by molar-refractivity contribution is 0.0513. The molecule has 0 atom stereocenters.